The fourth-order valence-corrected chi connectivity index (χ4v) is 2.39. The molecule has 0 aliphatic heterocycles. The Morgan fingerprint density at radius 3 is 2.93 bits per heavy atom. The van der Waals surface area contributed by atoms with Crippen LogP contribution in [0.3, 0.4) is 0 Å². The Morgan fingerprint density at radius 1 is 1.43 bits per heavy atom. The molecule has 1 aromatic rings. The highest BCUT2D eigenvalue weighted by Crippen LogP contribution is 2.26. The molecular weight excluding hydrogens is 193 g/mol. The van der Waals surface area contributed by atoms with E-state index in [9.17, 15) is 5.11 Å². The maximum Gasteiger partial charge on any atom is 0.105 e. The fourth-order valence-electron chi connectivity index (χ4n) is 2.09. The van der Waals surface area contributed by atoms with Crippen LogP contribution in [0.25, 0.3) is 0 Å². The second kappa shape index (κ2) is 3.98. The van der Waals surface area contributed by atoms with E-state index in [4.69, 9.17) is 5.73 Å². The molecule has 3 heteroatoms. The monoisotopic (exact) mass is 209 g/mol. The highest BCUT2D eigenvalue weighted by Gasteiger charge is 2.22. The van der Waals surface area contributed by atoms with Gasteiger partial charge in [-0.25, -0.2) is 0 Å². The van der Waals surface area contributed by atoms with E-state index in [1.165, 1.54) is 16.4 Å². The number of hydrogen-bond donors (Lipinski definition) is 2. The van der Waals surface area contributed by atoms with Crippen molar-refractivity contribution in [1.29, 1.82) is 0 Å². The number of fused-ring (bicyclic) bond motifs is 1. The molecule has 1 aliphatic carbocycles. The largest absolute Gasteiger partial charge is 0.379 e. The first kappa shape index (κ1) is 10.1. The second-order valence-electron chi connectivity index (χ2n) is 4.02. The number of rotatable bonds is 1. The third-order valence-electron chi connectivity index (χ3n) is 2.98. The van der Waals surface area contributed by atoms with Crippen LogP contribution in [0.4, 0.5) is 0 Å². The summed E-state index contributed by atoms with van der Waals surface area (Å²) in [7, 11) is 2.71. The molecule has 1 aliphatic rings. The predicted molar refractivity (Wildman–Crippen MR) is 61.5 cm³/mol. The van der Waals surface area contributed by atoms with Gasteiger partial charge in [-0.1, -0.05) is 18.2 Å². The van der Waals surface area contributed by atoms with Crippen LogP contribution in [-0.2, 0) is 12.8 Å². The van der Waals surface area contributed by atoms with Crippen molar-refractivity contribution in [3.63, 3.8) is 0 Å². The molecule has 0 heterocycles. The van der Waals surface area contributed by atoms with Gasteiger partial charge in [-0.05, 0) is 35.7 Å². The summed E-state index contributed by atoms with van der Waals surface area (Å²) in [5.41, 5.74) is 8.26. The zero-order chi connectivity index (χ0) is 10.1. The summed E-state index contributed by atoms with van der Waals surface area (Å²) in [6.07, 6.45) is 2.28. The first-order valence-electron chi connectivity index (χ1n) is 4.98. The Morgan fingerprint density at radius 2 is 2.21 bits per heavy atom. The molecule has 0 fully saturated rings. The van der Waals surface area contributed by atoms with E-state index < -0.39 is 6.23 Å². The Balaban J connectivity index is 2.23. The molecule has 3 N–H and O–H groups in total. The Kier molecular flexibility index (Phi) is 2.87. The van der Waals surface area contributed by atoms with E-state index in [0.717, 1.165) is 19.3 Å². The highest BCUT2D eigenvalue weighted by atomic mass is 31.0. The van der Waals surface area contributed by atoms with E-state index in [1.807, 2.05) is 0 Å². The van der Waals surface area contributed by atoms with Gasteiger partial charge in [0.25, 0.3) is 0 Å². The fraction of sp³-hybridized carbons (Fsp3) is 0.455. The zero-order valence-corrected chi connectivity index (χ0v) is 9.26. The minimum absolute atomic E-state index is 0.234. The molecule has 0 bridgehead atoms. The van der Waals surface area contributed by atoms with E-state index in [2.05, 4.69) is 27.4 Å². The van der Waals surface area contributed by atoms with Crippen molar-refractivity contribution in [3.8, 4) is 0 Å². The average Bonchev–Trinajstić information content (AvgIpc) is 2.16. The van der Waals surface area contributed by atoms with Crippen LogP contribution < -0.4 is 11.0 Å². The summed E-state index contributed by atoms with van der Waals surface area (Å²) in [6, 6.07) is 6.44. The molecule has 0 saturated carbocycles. The zero-order valence-electron chi connectivity index (χ0n) is 8.11. The van der Waals surface area contributed by atoms with E-state index in [1.54, 1.807) is 0 Å². The lowest BCUT2D eigenvalue weighted by atomic mass is 9.83. The predicted octanol–water partition coefficient (Wildman–Crippen LogP) is 0.569. The molecule has 0 aromatic heterocycles. The molecule has 14 heavy (non-hydrogen) atoms. The summed E-state index contributed by atoms with van der Waals surface area (Å²) < 4.78 is 0. The van der Waals surface area contributed by atoms with Gasteiger partial charge in [0.1, 0.15) is 6.23 Å². The Bertz CT molecular complexity index is 338. The number of hydrogen-bond acceptors (Lipinski definition) is 2. The molecule has 76 valence electrons. The molecule has 1 aromatic carbocycles. The van der Waals surface area contributed by atoms with Crippen molar-refractivity contribution in [1.82, 2.24) is 0 Å². The van der Waals surface area contributed by atoms with Crippen LogP contribution in [0.1, 0.15) is 17.5 Å². The summed E-state index contributed by atoms with van der Waals surface area (Å²) in [5, 5.41) is 10.6. The molecule has 0 amide bonds. The lowest BCUT2D eigenvalue weighted by Gasteiger charge is -2.26. The first-order chi connectivity index (χ1) is 6.66. The van der Waals surface area contributed by atoms with Crippen molar-refractivity contribution in [2.75, 3.05) is 0 Å². The smallest absolute Gasteiger partial charge is 0.105 e. The molecule has 3 atom stereocenters. The van der Waals surface area contributed by atoms with Crippen LogP contribution in [0, 0.1) is 5.92 Å². The second-order valence-corrected chi connectivity index (χ2v) is 4.69. The minimum atomic E-state index is -0.668. The standard InChI is InChI=1S/C11H16NOP/c12-11(13)9-2-1-8-6-10(14)4-3-7(8)5-9/h3-4,6,9,11,13H,1-2,5,12,14H2. The van der Waals surface area contributed by atoms with Crippen LogP contribution in [-0.4, -0.2) is 11.3 Å². The van der Waals surface area contributed by atoms with Gasteiger partial charge in [0.15, 0.2) is 0 Å². The maximum atomic E-state index is 9.33. The van der Waals surface area contributed by atoms with Gasteiger partial charge in [0.2, 0.25) is 0 Å². The van der Waals surface area contributed by atoms with Crippen molar-refractivity contribution < 1.29 is 5.11 Å². The summed E-state index contributed by atoms with van der Waals surface area (Å²) >= 11 is 0. The van der Waals surface area contributed by atoms with Crippen molar-refractivity contribution in [3.05, 3.63) is 29.3 Å². The van der Waals surface area contributed by atoms with Crippen molar-refractivity contribution in [2.45, 2.75) is 25.5 Å². The number of aliphatic hydroxyl groups excluding tert-OH is 1. The highest BCUT2D eigenvalue weighted by molar-refractivity contribution is 7.27. The average molecular weight is 209 g/mol. The topological polar surface area (TPSA) is 46.2 Å². The first-order valence-corrected chi connectivity index (χ1v) is 5.55. The summed E-state index contributed by atoms with van der Waals surface area (Å²) in [4.78, 5) is 0. The molecule has 3 unspecified atom stereocenters. The number of nitrogens with two attached hydrogens (primary N) is 1. The number of benzene rings is 1. The van der Waals surface area contributed by atoms with Gasteiger partial charge in [0.05, 0.1) is 0 Å². The Hall–Kier alpha value is -0.430. The van der Waals surface area contributed by atoms with Gasteiger partial charge in [-0.3, -0.25) is 0 Å². The van der Waals surface area contributed by atoms with Gasteiger partial charge in [-0.2, -0.15) is 0 Å². The SMILES string of the molecule is NC(O)C1CCc2cc(P)ccc2C1. The van der Waals surface area contributed by atoms with Gasteiger partial charge >= 0.3 is 0 Å². The third kappa shape index (κ3) is 1.98. The van der Waals surface area contributed by atoms with E-state index in [0.29, 0.717) is 0 Å². The van der Waals surface area contributed by atoms with Crippen LogP contribution >= 0.6 is 9.24 Å². The maximum absolute atomic E-state index is 9.33. The van der Waals surface area contributed by atoms with Crippen molar-refractivity contribution in [2.24, 2.45) is 11.7 Å². The molecule has 2 rings (SSSR count). The quantitative estimate of drug-likeness (QED) is 0.524. The summed E-state index contributed by atoms with van der Waals surface area (Å²) in [5.74, 6) is 0.234. The third-order valence-corrected chi connectivity index (χ3v) is 3.34. The van der Waals surface area contributed by atoms with Gasteiger partial charge < -0.3 is 10.8 Å². The molecule has 0 radical (unpaired) electrons. The number of aliphatic hydroxyl groups is 1. The molecular formula is C11H16NOP. The van der Waals surface area contributed by atoms with Gasteiger partial charge in [0, 0.05) is 5.92 Å². The molecule has 0 saturated heterocycles. The summed E-state index contributed by atoms with van der Waals surface area (Å²) in [6.45, 7) is 0. The van der Waals surface area contributed by atoms with Crippen LogP contribution in [0.15, 0.2) is 18.2 Å². The molecule has 2 nitrogen and oxygen atoms in total. The molecule has 0 spiro atoms. The number of aryl methyl sites for hydroxylation is 1. The lowest BCUT2D eigenvalue weighted by molar-refractivity contribution is 0.105. The van der Waals surface area contributed by atoms with Crippen molar-refractivity contribution >= 4 is 14.5 Å². The van der Waals surface area contributed by atoms with E-state index in [-0.39, 0.29) is 5.92 Å². The Labute approximate surface area is 86.7 Å². The van der Waals surface area contributed by atoms with Crippen LogP contribution in [0.2, 0.25) is 0 Å². The lowest BCUT2D eigenvalue weighted by Crippen LogP contribution is -2.33. The minimum Gasteiger partial charge on any atom is -0.379 e. The van der Waals surface area contributed by atoms with E-state index >= 15 is 0 Å². The van der Waals surface area contributed by atoms with Crippen LogP contribution in [0.5, 0.6) is 0 Å². The van der Waals surface area contributed by atoms with Gasteiger partial charge in [-0.15, -0.1) is 9.24 Å². The normalized spacial score (nSPS) is 22.9.